The molecule has 0 aromatic carbocycles. The van der Waals surface area contributed by atoms with Gasteiger partial charge in [-0.1, -0.05) is 13.8 Å². The van der Waals surface area contributed by atoms with Crippen molar-refractivity contribution < 1.29 is 14.7 Å². The molecule has 1 heterocycles. The van der Waals surface area contributed by atoms with Crippen molar-refractivity contribution in [2.75, 3.05) is 5.73 Å². The van der Waals surface area contributed by atoms with Crippen molar-refractivity contribution in [2.24, 2.45) is 5.92 Å². The number of nitrogens with two attached hydrogens (primary N) is 1. The first kappa shape index (κ1) is 14.0. The molecule has 0 aliphatic rings. The smallest absolute Gasteiger partial charge is 0.358 e. The molecule has 1 aromatic rings. The summed E-state index contributed by atoms with van der Waals surface area (Å²) in [7, 11) is 0. The Bertz CT molecular complexity index is 453. The SMILES string of the molecule is CC(C)C(C)NC(=O)Cn1cc(N)c(C(=O)O)n1. The van der Waals surface area contributed by atoms with Gasteiger partial charge in [0, 0.05) is 12.2 Å². The van der Waals surface area contributed by atoms with Crippen LogP contribution in [0.3, 0.4) is 0 Å². The van der Waals surface area contributed by atoms with E-state index in [9.17, 15) is 9.59 Å². The zero-order chi connectivity index (χ0) is 13.9. The third-order valence-electron chi connectivity index (χ3n) is 2.69. The summed E-state index contributed by atoms with van der Waals surface area (Å²) in [5.41, 5.74) is 5.28. The van der Waals surface area contributed by atoms with Crippen molar-refractivity contribution in [2.45, 2.75) is 33.4 Å². The van der Waals surface area contributed by atoms with Crippen LogP contribution in [0.25, 0.3) is 0 Å². The van der Waals surface area contributed by atoms with Crippen LogP contribution in [0, 0.1) is 5.92 Å². The number of hydrogen-bond donors (Lipinski definition) is 3. The van der Waals surface area contributed by atoms with Crippen molar-refractivity contribution in [1.82, 2.24) is 15.1 Å². The van der Waals surface area contributed by atoms with E-state index >= 15 is 0 Å². The molecule has 1 unspecified atom stereocenters. The normalized spacial score (nSPS) is 12.4. The number of aromatic carboxylic acids is 1. The molecule has 0 fully saturated rings. The van der Waals surface area contributed by atoms with E-state index in [1.165, 1.54) is 10.9 Å². The minimum absolute atomic E-state index is 0.0457. The van der Waals surface area contributed by atoms with E-state index in [-0.39, 0.29) is 29.9 Å². The first-order chi connectivity index (χ1) is 8.31. The second-order valence-electron chi connectivity index (χ2n) is 4.54. The second kappa shape index (κ2) is 5.52. The summed E-state index contributed by atoms with van der Waals surface area (Å²) >= 11 is 0. The topological polar surface area (TPSA) is 110 Å². The molecule has 0 radical (unpaired) electrons. The molecule has 7 nitrogen and oxygen atoms in total. The number of carbonyl (C=O) groups is 2. The van der Waals surface area contributed by atoms with E-state index in [0.29, 0.717) is 5.92 Å². The van der Waals surface area contributed by atoms with Gasteiger partial charge in [0.15, 0.2) is 5.69 Å². The molecule has 0 spiro atoms. The average Bonchev–Trinajstić information content (AvgIpc) is 2.58. The number of anilines is 1. The maximum atomic E-state index is 11.7. The van der Waals surface area contributed by atoms with Crippen LogP contribution in [0.4, 0.5) is 5.69 Å². The van der Waals surface area contributed by atoms with Crippen molar-refractivity contribution >= 4 is 17.6 Å². The fourth-order valence-electron chi connectivity index (χ4n) is 1.30. The zero-order valence-electron chi connectivity index (χ0n) is 10.7. The van der Waals surface area contributed by atoms with E-state index in [2.05, 4.69) is 10.4 Å². The molecule has 0 saturated heterocycles. The first-order valence-electron chi connectivity index (χ1n) is 5.66. The van der Waals surface area contributed by atoms with E-state index in [1.54, 1.807) is 0 Å². The molecular weight excluding hydrogens is 236 g/mol. The fraction of sp³-hybridized carbons (Fsp3) is 0.545. The molecule has 0 saturated carbocycles. The van der Waals surface area contributed by atoms with Gasteiger partial charge >= 0.3 is 5.97 Å². The van der Waals surface area contributed by atoms with Crippen molar-refractivity contribution in [3.8, 4) is 0 Å². The minimum Gasteiger partial charge on any atom is -0.476 e. The average molecular weight is 254 g/mol. The van der Waals surface area contributed by atoms with Gasteiger partial charge in [-0.15, -0.1) is 0 Å². The summed E-state index contributed by atoms with van der Waals surface area (Å²) in [6.45, 7) is 5.86. The van der Waals surface area contributed by atoms with Gasteiger partial charge in [-0.3, -0.25) is 9.48 Å². The number of nitrogen functional groups attached to an aromatic ring is 1. The number of rotatable bonds is 5. The number of carboxylic acid groups (broad SMARTS) is 1. The number of nitrogens with one attached hydrogen (secondary N) is 1. The van der Waals surface area contributed by atoms with Crippen LogP contribution in [0.1, 0.15) is 31.3 Å². The predicted molar refractivity (Wildman–Crippen MR) is 66.0 cm³/mol. The molecule has 100 valence electrons. The Hall–Kier alpha value is -2.05. The van der Waals surface area contributed by atoms with E-state index in [1.807, 2.05) is 20.8 Å². The maximum absolute atomic E-state index is 11.7. The second-order valence-corrected chi connectivity index (χ2v) is 4.54. The highest BCUT2D eigenvalue weighted by molar-refractivity contribution is 5.91. The van der Waals surface area contributed by atoms with Crippen LogP contribution in [0.2, 0.25) is 0 Å². The molecule has 1 aromatic heterocycles. The highest BCUT2D eigenvalue weighted by Gasteiger charge is 2.16. The summed E-state index contributed by atoms with van der Waals surface area (Å²) < 4.78 is 1.22. The van der Waals surface area contributed by atoms with E-state index < -0.39 is 5.97 Å². The zero-order valence-corrected chi connectivity index (χ0v) is 10.7. The van der Waals surface area contributed by atoms with Crippen LogP contribution in [0.15, 0.2) is 6.20 Å². The van der Waals surface area contributed by atoms with Gasteiger partial charge < -0.3 is 16.2 Å². The number of carbonyl (C=O) groups excluding carboxylic acids is 1. The summed E-state index contributed by atoms with van der Waals surface area (Å²) in [6.07, 6.45) is 1.34. The highest BCUT2D eigenvalue weighted by atomic mass is 16.4. The summed E-state index contributed by atoms with van der Waals surface area (Å²) in [4.78, 5) is 22.4. The predicted octanol–water partition coefficient (Wildman–Crippen LogP) is 0.324. The summed E-state index contributed by atoms with van der Waals surface area (Å²) in [6, 6.07) is 0.0457. The lowest BCUT2D eigenvalue weighted by Crippen LogP contribution is -2.38. The molecule has 7 heteroatoms. The van der Waals surface area contributed by atoms with Crippen molar-refractivity contribution in [3.05, 3.63) is 11.9 Å². The molecule has 0 aliphatic carbocycles. The van der Waals surface area contributed by atoms with Crippen molar-refractivity contribution in [1.29, 1.82) is 0 Å². The largest absolute Gasteiger partial charge is 0.476 e. The lowest BCUT2D eigenvalue weighted by atomic mass is 10.1. The van der Waals surface area contributed by atoms with Gasteiger partial charge in [-0.05, 0) is 12.8 Å². The van der Waals surface area contributed by atoms with Crippen LogP contribution in [-0.4, -0.2) is 32.8 Å². The third kappa shape index (κ3) is 3.47. The highest BCUT2D eigenvalue weighted by Crippen LogP contribution is 2.08. The summed E-state index contributed by atoms with van der Waals surface area (Å²) in [5.74, 6) is -1.11. The molecule has 4 N–H and O–H groups in total. The molecule has 0 bridgehead atoms. The molecule has 1 amide bonds. The lowest BCUT2D eigenvalue weighted by molar-refractivity contribution is -0.122. The number of amides is 1. The first-order valence-corrected chi connectivity index (χ1v) is 5.66. The Balaban J connectivity index is 2.65. The van der Waals surface area contributed by atoms with E-state index in [0.717, 1.165) is 0 Å². The lowest BCUT2D eigenvalue weighted by Gasteiger charge is -2.17. The number of nitrogens with zero attached hydrogens (tertiary/aromatic N) is 2. The van der Waals surface area contributed by atoms with E-state index in [4.69, 9.17) is 10.8 Å². The van der Waals surface area contributed by atoms with Crippen LogP contribution in [0.5, 0.6) is 0 Å². The Morgan fingerprint density at radius 3 is 2.56 bits per heavy atom. The van der Waals surface area contributed by atoms with Gasteiger partial charge in [-0.2, -0.15) is 5.10 Å². The number of carboxylic acids is 1. The van der Waals surface area contributed by atoms with Crippen molar-refractivity contribution in [3.63, 3.8) is 0 Å². The minimum atomic E-state index is -1.21. The Morgan fingerprint density at radius 1 is 1.50 bits per heavy atom. The number of aromatic nitrogens is 2. The van der Waals surface area contributed by atoms with Gasteiger partial charge in [-0.25, -0.2) is 4.79 Å². The Labute approximate surface area is 105 Å². The monoisotopic (exact) mass is 254 g/mol. The fourth-order valence-corrected chi connectivity index (χ4v) is 1.30. The van der Waals surface area contributed by atoms with Crippen LogP contribution >= 0.6 is 0 Å². The number of hydrogen-bond acceptors (Lipinski definition) is 4. The third-order valence-corrected chi connectivity index (χ3v) is 2.69. The molecule has 18 heavy (non-hydrogen) atoms. The Morgan fingerprint density at radius 2 is 2.11 bits per heavy atom. The van der Waals surface area contributed by atoms with Gasteiger partial charge in [0.1, 0.15) is 6.54 Å². The Kier molecular flexibility index (Phi) is 4.30. The molecule has 0 aliphatic heterocycles. The molecule has 1 rings (SSSR count). The quantitative estimate of drug-likeness (QED) is 0.701. The van der Waals surface area contributed by atoms with Gasteiger partial charge in [0.05, 0.1) is 5.69 Å². The van der Waals surface area contributed by atoms with Gasteiger partial charge in [0.2, 0.25) is 5.91 Å². The summed E-state index contributed by atoms with van der Waals surface area (Å²) in [5, 5.41) is 15.3. The van der Waals surface area contributed by atoms with Gasteiger partial charge in [0.25, 0.3) is 0 Å². The van der Waals surface area contributed by atoms with Crippen LogP contribution in [-0.2, 0) is 11.3 Å². The maximum Gasteiger partial charge on any atom is 0.358 e. The molecule has 1 atom stereocenters. The van der Waals surface area contributed by atoms with Crippen LogP contribution < -0.4 is 11.1 Å². The standard InChI is InChI=1S/C11H18N4O3/c1-6(2)7(3)13-9(16)5-15-4-8(12)10(14-15)11(17)18/h4,6-7H,5,12H2,1-3H3,(H,13,16)(H,17,18). The molecular formula is C11H18N4O3.